The van der Waals surface area contributed by atoms with Crippen LogP contribution in [0.25, 0.3) is 0 Å². The first-order valence-corrected chi connectivity index (χ1v) is 8.41. The Bertz CT molecular complexity index is 628. The number of hydrogen-bond donors (Lipinski definition) is 1. The van der Waals surface area contributed by atoms with Crippen LogP contribution < -0.4 is 5.73 Å². The van der Waals surface area contributed by atoms with Crippen molar-refractivity contribution in [3.63, 3.8) is 0 Å². The Morgan fingerprint density at radius 2 is 1.86 bits per heavy atom. The number of benzene rings is 1. The van der Waals surface area contributed by atoms with Crippen LogP contribution in [0.15, 0.2) is 18.2 Å². The van der Waals surface area contributed by atoms with Crippen LogP contribution in [0.5, 0.6) is 0 Å². The average Bonchev–Trinajstić information content (AvgIpc) is 2.28. The van der Waals surface area contributed by atoms with Crippen LogP contribution in [-0.4, -0.2) is 25.2 Å². The summed E-state index contributed by atoms with van der Waals surface area (Å²) >= 11 is 0. The number of sulfone groups is 1. The average molecular weight is 313 g/mol. The predicted molar refractivity (Wildman–Crippen MR) is 83.8 cm³/mol. The molecule has 0 bridgehead atoms. The Hall–Kier alpha value is -1.56. The second-order valence-electron chi connectivity index (χ2n) is 6.25. The number of carbonyl (C=O) groups excluding carboxylic acids is 1. The molecule has 0 radical (unpaired) electrons. The van der Waals surface area contributed by atoms with E-state index in [1.807, 2.05) is 0 Å². The first-order chi connectivity index (χ1) is 9.44. The molecule has 2 N–H and O–H groups in total. The highest BCUT2D eigenvalue weighted by Crippen LogP contribution is 2.23. The molecule has 0 aliphatic carbocycles. The van der Waals surface area contributed by atoms with Crippen LogP contribution in [0.4, 0.5) is 5.69 Å². The third-order valence-corrected chi connectivity index (χ3v) is 5.55. The molecule has 0 atom stereocenters. The molecule has 0 unspecified atom stereocenters. The van der Waals surface area contributed by atoms with Gasteiger partial charge in [-0.3, -0.25) is 0 Å². The van der Waals surface area contributed by atoms with Gasteiger partial charge >= 0.3 is 5.97 Å². The standard InChI is InChI=1S/C15H23NO4S/c1-10(2)20-14(17)12-8-11(6-7-13(12)16)9-21(18,19)15(3,4)5/h6-8,10H,9,16H2,1-5H3. The summed E-state index contributed by atoms with van der Waals surface area (Å²) in [6.45, 7) is 8.42. The summed E-state index contributed by atoms with van der Waals surface area (Å²) in [4.78, 5) is 11.9. The van der Waals surface area contributed by atoms with Gasteiger partial charge in [-0.05, 0) is 52.3 Å². The van der Waals surface area contributed by atoms with Crippen molar-refractivity contribution in [3.05, 3.63) is 29.3 Å². The molecule has 5 nitrogen and oxygen atoms in total. The molecule has 0 amide bonds. The fourth-order valence-corrected chi connectivity index (χ4v) is 2.63. The van der Waals surface area contributed by atoms with Crippen LogP contribution in [0.1, 0.15) is 50.5 Å². The molecular formula is C15H23NO4S. The molecule has 6 heteroatoms. The fourth-order valence-electron chi connectivity index (χ4n) is 1.58. The molecule has 0 aliphatic rings. The molecule has 21 heavy (non-hydrogen) atoms. The Kier molecular flexibility index (Phi) is 5.04. The maximum atomic E-state index is 12.2. The zero-order chi connectivity index (χ0) is 16.4. The van der Waals surface area contributed by atoms with Gasteiger partial charge in [0.25, 0.3) is 0 Å². The molecule has 0 spiro atoms. The van der Waals surface area contributed by atoms with E-state index in [0.29, 0.717) is 5.56 Å². The van der Waals surface area contributed by atoms with E-state index in [1.54, 1.807) is 40.7 Å². The van der Waals surface area contributed by atoms with Crippen molar-refractivity contribution in [1.29, 1.82) is 0 Å². The van der Waals surface area contributed by atoms with Gasteiger partial charge in [0.15, 0.2) is 9.84 Å². The zero-order valence-electron chi connectivity index (χ0n) is 13.1. The lowest BCUT2D eigenvalue weighted by molar-refractivity contribution is 0.0379. The molecule has 0 heterocycles. The van der Waals surface area contributed by atoms with E-state index in [1.165, 1.54) is 12.1 Å². The highest BCUT2D eigenvalue weighted by molar-refractivity contribution is 7.91. The smallest absolute Gasteiger partial charge is 0.340 e. The van der Waals surface area contributed by atoms with E-state index in [4.69, 9.17) is 10.5 Å². The highest BCUT2D eigenvalue weighted by Gasteiger charge is 2.29. The molecule has 0 aliphatic heterocycles. The first-order valence-electron chi connectivity index (χ1n) is 6.76. The monoisotopic (exact) mass is 313 g/mol. The van der Waals surface area contributed by atoms with Crippen LogP contribution in [-0.2, 0) is 20.3 Å². The van der Waals surface area contributed by atoms with E-state index in [0.717, 1.165) is 0 Å². The van der Waals surface area contributed by atoms with E-state index < -0.39 is 20.6 Å². The summed E-state index contributed by atoms with van der Waals surface area (Å²) in [7, 11) is -3.32. The number of esters is 1. The van der Waals surface area contributed by atoms with E-state index in [-0.39, 0.29) is 23.1 Å². The van der Waals surface area contributed by atoms with E-state index >= 15 is 0 Å². The number of nitrogens with two attached hydrogens (primary N) is 1. The number of carbonyl (C=O) groups is 1. The third kappa shape index (κ3) is 4.46. The predicted octanol–water partition coefficient (Wildman–Crippen LogP) is 2.55. The van der Waals surface area contributed by atoms with Gasteiger partial charge in [0.05, 0.1) is 22.2 Å². The lowest BCUT2D eigenvalue weighted by Gasteiger charge is -2.19. The van der Waals surface area contributed by atoms with E-state index in [2.05, 4.69) is 0 Å². The molecule has 0 aromatic heterocycles. The topological polar surface area (TPSA) is 86.5 Å². The first kappa shape index (κ1) is 17.5. The minimum atomic E-state index is -3.32. The summed E-state index contributed by atoms with van der Waals surface area (Å²) in [5, 5.41) is 0. The largest absolute Gasteiger partial charge is 0.459 e. The lowest BCUT2D eigenvalue weighted by Crippen LogP contribution is -2.29. The van der Waals surface area contributed by atoms with Crippen LogP contribution in [0.3, 0.4) is 0 Å². The fraction of sp³-hybridized carbons (Fsp3) is 0.533. The van der Waals surface area contributed by atoms with Crippen molar-refractivity contribution in [2.24, 2.45) is 0 Å². The Morgan fingerprint density at radius 1 is 1.29 bits per heavy atom. The van der Waals surface area contributed by atoms with Gasteiger partial charge in [0.1, 0.15) is 0 Å². The van der Waals surface area contributed by atoms with Crippen molar-refractivity contribution in [2.75, 3.05) is 5.73 Å². The summed E-state index contributed by atoms with van der Waals surface area (Å²) < 4.78 is 28.7. The maximum absolute atomic E-state index is 12.2. The van der Waals surface area contributed by atoms with Crippen molar-refractivity contribution in [2.45, 2.75) is 51.2 Å². The molecule has 118 valence electrons. The summed E-state index contributed by atoms with van der Waals surface area (Å²) in [5.41, 5.74) is 6.76. The van der Waals surface area contributed by atoms with Crippen molar-refractivity contribution in [3.8, 4) is 0 Å². The SMILES string of the molecule is CC(C)OC(=O)c1cc(CS(=O)(=O)C(C)(C)C)ccc1N. The quantitative estimate of drug-likeness (QED) is 0.682. The minimum absolute atomic E-state index is 0.140. The second kappa shape index (κ2) is 6.05. The van der Waals surface area contributed by atoms with Gasteiger partial charge in [-0.25, -0.2) is 13.2 Å². The van der Waals surface area contributed by atoms with Gasteiger partial charge in [-0.2, -0.15) is 0 Å². The van der Waals surface area contributed by atoms with Gasteiger partial charge in [0.2, 0.25) is 0 Å². The summed E-state index contributed by atoms with van der Waals surface area (Å²) in [5.74, 6) is -0.684. The van der Waals surface area contributed by atoms with Gasteiger partial charge in [0, 0.05) is 5.69 Å². The number of anilines is 1. The van der Waals surface area contributed by atoms with Crippen molar-refractivity contribution < 1.29 is 17.9 Å². The normalized spacial score (nSPS) is 12.5. The van der Waals surface area contributed by atoms with Crippen molar-refractivity contribution >= 4 is 21.5 Å². The van der Waals surface area contributed by atoms with Crippen LogP contribution in [0, 0.1) is 0 Å². The van der Waals surface area contributed by atoms with Gasteiger partial charge in [-0.1, -0.05) is 6.07 Å². The summed E-state index contributed by atoms with van der Waals surface area (Å²) in [6.07, 6.45) is -0.265. The van der Waals surface area contributed by atoms with Crippen molar-refractivity contribution in [1.82, 2.24) is 0 Å². The number of ether oxygens (including phenoxy) is 1. The molecule has 0 fully saturated rings. The highest BCUT2D eigenvalue weighted by atomic mass is 32.2. The lowest BCUT2D eigenvalue weighted by atomic mass is 10.1. The molecule has 1 aromatic carbocycles. The number of nitrogen functional groups attached to an aromatic ring is 1. The maximum Gasteiger partial charge on any atom is 0.340 e. The number of rotatable bonds is 4. The zero-order valence-corrected chi connectivity index (χ0v) is 14.0. The molecule has 1 aromatic rings. The molecule has 1 rings (SSSR count). The second-order valence-corrected chi connectivity index (χ2v) is 8.99. The minimum Gasteiger partial charge on any atom is -0.459 e. The van der Waals surface area contributed by atoms with E-state index in [9.17, 15) is 13.2 Å². The van der Waals surface area contributed by atoms with Gasteiger partial charge < -0.3 is 10.5 Å². The Balaban J connectivity index is 3.11. The van der Waals surface area contributed by atoms with Crippen LogP contribution in [0.2, 0.25) is 0 Å². The molecular weight excluding hydrogens is 290 g/mol. The molecule has 0 saturated carbocycles. The molecule has 0 saturated heterocycles. The summed E-state index contributed by atoms with van der Waals surface area (Å²) in [6, 6.07) is 4.64. The Labute approximate surface area is 126 Å². The van der Waals surface area contributed by atoms with Crippen LogP contribution >= 0.6 is 0 Å². The van der Waals surface area contributed by atoms with Gasteiger partial charge in [-0.15, -0.1) is 0 Å². The third-order valence-electron chi connectivity index (χ3n) is 2.97. The number of hydrogen-bond acceptors (Lipinski definition) is 5. The Morgan fingerprint density at radius 3 is 2.33 bits per heavy atom.